The minimum absolute atomic E-state index is 0.406. The fourth-order valence-electron chi connectivity index (χ4n) is 5.11. The third-order valence-electron chi connectivity index (χ3n) is 6.95. The van der Waals surface area contributed by atoms with Crippen molar-refractivity contribution in [3.8, 4) is 0 Å². The number of aromatic nitrogens is 1. The lowest BCUT2D eigenvalue weighted by Gasteiger charge is -2.37. The fraction of sp³-hybridized carbons (Fsp3) is 0.520. The summed E-state index contributed by atoms with van der Waals surface area (Å²) in [5, 5.41) is 13.4. The summed E-state index contributed by atoms with van der Waals surface area (Å²) in [6.45, 7) is 11.6. The van der Waals surface area contributed by atoms with Crippen molar-refractivity contribution in [1.82, 2.24) is 19.3 Å². The molecule has 0 bridgehead atoms. The SMILES string of the molecule is O[C@@H](CN1CCN(CCN2CCOCC2)CC1)Cn1c2ccc(Br)cc2c2cc(Br)ccc21. The molecule has 0 saturated carbocycles. The molecular formula is C25H32Br2N4O2. The quantitative estimate of drug-likeness (QED) is 0.463. The van der Waals surface area contributed by atoms with Crippen LogP contribution in [0.2, 0.25) is 0 Å². The molecule has 2 aliphatic rings. The van der Waals surface area contributed by atoms with E-state index in [4.69, 9.17) is 4.74 Å². The summed E-state index contributed by atoms with van der Waals surface area (Å²) < 4.78 is 9.86. The average molecular weight is 580 g/mol. The lowest BCUT2D eigenvalue weighted by molar-refractivity contribution is 0.0267. The second kappa shape index (κ2) is 10.7. The van der Waals surface area contributed by atoms with Gasteiger partial charge >= 0.3 is 0 Å². The number of hydrogen-bond donors (Lipinski definition) is 1. The van der Waals surface area contributed by atoms with E-state index in [1.54, 1.807) is 0 Å². The third kappa shape index (κ3) is 5.64. The number of piperazine rings is 1. The zero-order chi connectivity index (χ0) is 22.8. The summed E-state index contributed by atoms with van der Waals surface area (Å²) in [7, 11) is 0. The van der Waals surface area contributed by atoms with Gasteiger partial charge in [0.1, 0.15) is 0 Å². The van der Waals surface area contributed by atoms with E-state index in [0.29, 0.717) is 13.1 Å². The van der Waals surface area contributed by atoms with Gasteiger partial charge in [-0.1, -0.05) is 31.9 Å². The minimum Gasteiger partial charge on any atom is -0.390 e. The van der Waals surface area contributed by atoms with Crippen LogP contribution in [0.5, 0.6) is 0 Å². The van der Waals surface area contributed by atoms with Crippen LogP contribution in [0.1, 0.15) is 0 Å². The topological polar surface area (TPSA) is 44.1 Å². The summed E-state index contributed by atoms with van der Waals surface area (Å²) in [5.74, 6) is 0. The molecule has 2 fully saturated rings. The molecule has 2 aromatic carbocycles. The van der Waals surface area contributed by atoms with Crippen LogP contribution in [0.15, 0.2) is 45.3 Å². The molecule has 6 nitrogen and oxygen atoms in total. The molecule has 3 aromatic rings. The number of rotatable bonds is 7. The van der Waals surface area contributed by atoms with E-state index in [-0.39, 0.29) is 0 Å². The van der Waals surface area contributed by atoms with Crippen molar-refractivity contribution < 1.29 is 9.84 Å². The summed E-state index contributed by atoms with van der Waals surface area (Å²) in [6.07, 6.45) is -0.406. The Kier molecular flexibility index (Phi) is 7.71. The van der Waals surface area contributed by atoms with E-state index in [2.05, 4.69) is 87.5 Å². The Hall–Kier alpha value is -1.00. The highest BCUT2D eigenvalue weighted by atomic mass is 79.9. The molecule has 5 rings (SSSR count). The number of halogens is 2. The molecule has 1 atom stereocenters. The van der Waals surface area contributed by atoms with Crippen LogP contribution in [-0.2, 0) is 11.3 Å². The number of fused-ring (bicyclic) bond motifs is 3. The van der Waals surface area contributed by atoms with Gasteiger partial charge in [0, 0.05) is 89.7 Å². The van der Waals surface area contributed by atoms with Crippen molar-refractivity contribution in [3.63, 3.8) is 0 Å². The van der Waals surface area contributed by atoms with Gasteiger partial charge in [0.25, 0.3) is 0 Å². The van der Waals surface area contributed by atoms with Gasteiger partial charge in [0.05, 0.1) is 25.9 Å². The van der Waals surface area contributed by atoms with Crippen LogP contribution < -0.4 is 0 Å². The number of ether oxygens (including phenoxy) is 1. The Labute approximate surface area is 212 Å². The number of nitrogens with zero attached hydrogens (tertiary/aromatic N) is 4. The van der Waals surface area contributed by atoms with Gasteiger partial charge < -0.3 is 14.4 Å². The molecule has 3 heterocycles. The monoisotopic (exact) mass is 578 g/mol. The smallest absolute Gasteiger partial charge is 0.0845 e. The molecule has 1 N–H and O–H groups in total. The molecule has 1 aromatic heterocycles. The van der Waals surface area contributed by atoms with E-state index in [9.17, 15) is 5.11 Å². The second-order valence-corrected chi connectivity index (χ2v) is 11.0. The van der Waals surface area contributed by atoms with Crippen molar-refractivity contribution in [1.29, 1.82) is 0 Å². The van der Waals surface area contributed by atoms with Gasteiger partial charge in [-0.2, -0.15) is 0 Å². The number of hydrogen-bond acceptors (Lipinski definition) is 5. The molecule has 0 spiro atoms. The Morgan fingerprint density at radius 2 is 1.24 bits per heavy atom. The molecule has 0 radical (unpaired) electrons. The van der Waals surface area contributed by atoms with Crippen molar-refractivity contribution in [3.05, 3.63) is 45.3 Å². The molecule has 0 unspecified atom stereocenters. The average Bonchev–Trinajstić information content (AvgIpc) is 3.11. The molecule has 0 amide bonds. The highest BCUT2D eigenvalue weighted by molar-refractivity contribution is 9.10. The lowest BCUT2D eigenvalue weighted by Crippen LogP contribution is -2.51. The number of morpholine rings is 1. The number of aliphatic hydroxyl groups is 1. The molecule has 0 aliphatic carbocycles. The first-order valence-electron chi connectivity index (χ1n) is 11.9. The summed E-state index contributed by atoms with van der Waals surface area (Å²) in [5.41, 5.74) is 2.33. The number of benzene rings is 2. The largest absolute Gasteiger partial charge is 0.390 e. The highest BCUT2D eigenvalue weighted by Crippen LogP contribution is 2.33. The maximum Gasteiger partial charge on any atom is 0.0845 e. The van der Waals surface area contributed by atoms with Crippen LogP contribution in [-0.4, -0.2) is 103 Å². The summed E-state index contributed by atoms with van der Waals surface area (Å²) >= 11 is 7.22. The predicted octanol–water partition coefficient (Wildman–Crippen LogP) is 3.63. The van der Waals surface area contributed by atoms with E-state index >= 15 is 0 Å². The standard InChI is InChI=1S/C25H32Br2N4O2/c26-19-1-3-24-22(15-19)23-16-20(27)2-4-25(23)31(24)18-21(32)17-30-9-7-28(8-10-30)5-6-29-11-13-33-14-12-29/h1-4,15-16,21,32H,5-14,17-18H2/t21-/m0/s1. The first-order valence-corrected chi connectivity index (χ1v) is 13.5. The zero-order valence-corrected chi connectivity index (χ0v) is 22.1. The predicted molar refractivity (Wildman–Crippen MR) is 141 cm³/mol. The summed E-state index contributed by atoms with van der Waals surface area (Å²) in [4.78, 5) is 7.47. The fourth-order valence-corrected chi connectivity index (χ4v) is 5.84. The van der Waals surface area contributed by atoms with Crippen LogP contribution in [0.25, 0.3) is 21.8 Å². The van der Waals surface area contributed by atoms with Crippen molar-refractivity contribution >= 4 is 53.7 Å². The van der Waals surface area contributed by atoms with E-state index in [0.717, 1.165) is 74.5 Å². The van der Waals surface area contributed by atoms with Gasteiger partial charge in [-0.3, -0.25) is 14.7 Å². The van der Waals surface area contributed by atoms with Crippen molar-refractivity contribution in [2.45, 2.75) is 12.6 Å². The minimum atomic E-state index is -0.406. The van der Waals surface area contributed by atoms with Crippen LogP contribution in [0.4, 0.5) is 0 Å². The first kappa shape index (κ1) is 23.7. The Bertz CT molecular complexity index is 1030. The third-order valence-corrected chi connectivity index (χ3v) is 7.94. The molecular weight excluding hydrogens is 548 g/mol. The van der Waals surface area contributed by atoms with Crippen LogP contribution in [0, 0.1) is 0 Å². The maximum absolute atomic E-state index is 11.0. The highest BCUT2D eigenvalue weighted by Gasteiger charge is 2.21. The Morgan fingerprint density at radius 1 is 0.727 bits per heavy atom. The van der Waals surface area contributed by atoms with Gasteiger partial charge in [0.15, 0.2) is 0 Å². The lowest BCUT2D eigenvalue weighted by atomic mass is 10.2. The Morgan fingerprint density at radius 3 is 1.82 bits per heavy atom. The summed E-state index contributed by atoms with van der Waals surface area (Å²) in [6, 6.07) is 12.8. The normalized spacial score (nSPS) is 20.1. The second-order valence-electron chi connectivity index (χ2n) is 9.18. The van der Waals surface area contributed by atoms with E-state index in [1.807, 2.05) is 0 Å². The van der Waals surface area contributed by atoms with Crippen LogP contribution in [0.3, 0.4) is 0 Å². The van der Waals surface area contributed by atoms with Gasteiger partial charge in [-0.25, -0.2) is 0 Å². The van der Waals surface area contributed by atoms with Gasteiger partial charge in [-0.05, 0) is 36.4 Å². The van der Waals surface area contributed by atoms with E-state index in [1.165, 1.54) is 21.8 Å². The first-order chi connectivity index (χ1) is 16.1. The van der Waals surface area contributed by atoms with Crippen LogP contribution >= 0.6 is 31.9 Å². The Balaban J connectivity index is 1.19. The number of aliphatic hydroxyl groups excluding tert-OH is 1. The molecule has 178 valence electrons. The molecule has 8 heteroatoms. The van der Waals surface area contributed by atoms with Gasteiger partial charge in [-0.15, -0.1) is 0 Å². The van der Waals surface area contributed by atoms with Crippen molar-refractivity contribution in [2.75, 3.05) is 72.1 Å². The van der Waals surface area contributed by atoms with Crippen molar-refractivity contribution in [2.24, 2.45) is 0 Å². The van der Waals surface area contributed by atoms with E-state index < -0.39 is 6.10 Å². The molecule has 2 aliphatic heterocycles. The number of β-amino-alcohol motifs (C(OH)–C–C–N with tert-alkyl or cyclic N) is 1. The molecule has 33 heavy (non-hydrogen) atoms. The zero-order valence-electron chi connectivity index (χ0n) is 18.9. The maximum atomic E-state index is 11.0. The molecule has 2 saturated heterocycles. The van der Waals surface area contributed by atoms with Gasteiger partial charge in [0.2, 0.25) is 0 Å².